The van der Waals surface area contributed by atoms with Crippen LogP contribution in [0, 0.1) is 0 Å². The van der Waals surface area contributed by atoms with E-state index in [1.807, 2.05) is 0 Å². The van der Waals surface area contributed by atoms with E-state index in [9.17, 15) is 0 Å². The van der Waals surface area contributed by atoms with Crippen LogP contribution in [0.25, 0.3) is 4.96 Å². The van der Waals surface area contributed by atoms with Gasteiger partial charge in [-0.25, -0.2) is 4.98 Å². The molecule has 1 aliphatic heterocycles. The summed E-state index contributed by atoms with van der Waals surface area (Å²) in [6.45, 7) is 7.89. The van der Waals surface area contributed by atoms with Gasteiger partial charge in [-0.2, -0.15) is 0 Å². The molecule has 3 rings (SSSR count). The number of imidazole rings is 1. The number of nitrogens with two attached hydrogens (primary N) is 1. The maximum Gasteiger partial charge on any atom is 0.195 e. The second kappa shape index (κ2) is 5.04. The molecule has 0 radical (unpaired) electrons. The van der Waals surface area contributed by atoms with Crippen LogP contribution in [-0.2, 0) is 6.42 Å². The zero-order valence-corrected chi connectivity index (χ0v) is 13.4. The molecule has 1 fully saturated rings. The number of anilines is 1. The molecule has 3 heterocycles. The minimum absolute atomic E-state index is 0.203. The number of hydrogen-bond acceptors (Lipinski definition) is 4. The number of fused-ring (bicyclic) bond motifs is 1. The molecule has 1 atom stereocenters. The maximum absolute atomic E-state index is 6.20. The summed E-state index contributed by atoms with van der Waals surface area (Å²) in [5, 5.41) is 2.10. The van der Waals surface area contributed by atoms with Crippen molar-refractivity contribution in [2.75, 3.05) is 11.4 Å². The molecular formula is C15H24N4S. The van der Waals surface area contributed by atoms with Crippen molar-refractivity contribution in [1.29, 1.82) is 0 Å². The van der Waals surface area contributed by atoms with E-state index >= 15 is 0 Å². The van der Waals surface area contributed by atoms with Crippen LogP contribution in [0.5, 0.6) is 0 Å². The first-order chi connectivity index (χ1) is 9.53. The summed E-state index contributed by atoms with van der Waals surface area (Å²) in [4.78, 5) is 8.45. The van der Waals surface area contributed by atoms with E-state index in [0.29, 0.717) is 0 Å². The summed E-state index contributed by atoms with van der Waals surface area (Å²) in [5.41, 5.74) is 7.69. The number of hydrogen-bond donors (Lipinski definition) is 1. The van der Waals surface area contributed by atoms with E-state index in [2.05, 4.69) is 41.6 Å². The summed E-state index contributed by atoms with van der Waals surface area (Å²) in [6, 6.07) is 0.208. The molecule has 20 heavy (non-hydrogen) atoms. The molecule has 1 unspecified atom stereocenters. The van der Waals surface area contributed by atoms with Crippen molar-refractivity contribution in [2.45, 2.75) is 58.0 Å². The smallest absolute Gasteiger partial charge is 0.195 e. The fraction of sp³-hybridized carbons (Fsp3) is 0.667. The van der Waals surface area contributed by atoms with Gasteiger partial charge in [0.25, 0.3) is 0 Å². The van der Waals surface area contributed by atoms with E-state index < -0.39 is 0 Å². The highest BCUT2D eigenvalue weighted by Crippen LogP contribution is 2.36. The zero-order valence-electron chi connectivity index (χ0n) is 12.6. The Kier molecular flexibility index (Phi) is 3.50. The summed E-state index contributed by atoms with van der Waals surface area (Å²) in [6.07, 6.45) is 6.50. The van der Waals surface area contributed by atoms with Crippen LogP contribution in [0.4, 0.5) is 5.82 Å². The molecule has 0 spiro atoms. The Labute approximate surface area is 124 Å². The molecule has 1 aliphatic rings. The molecule has 2 aromatic heterocycles. The van der Waals surface area contributed by atoms with E-state index in [4.69, 9.17) is 10.7 Å². The second-order valence-electron chi connectivity index (χ2n) is 6.38. The van der Waals surface area contributed by atoms with Gasteiger partial charge in [-0.3, -0.25) is 4.40 Å². The molecule has 110 valence electrons. The van der Waals surface area contributed by atoms with Crippen LogP contribution in [0.2, 0.25) is 0 Å². The molecule has 0 bridgehead atoms. The van der Waals surface area contributed by atoms with Crippen LogP contribution in [-0.4, -0.2) is 27.5 Å². The van der Waals surface area contributed by atoms with Crippen LogP contribution in [0.1, 0.15) is 45.7 Å². The van der Waals surface area contributed by atoms with Crippen molar-refractivity contribution in [3.63, 3.8) is 0 Å². The van der Waals surface area contributed by atoms with Crippen molar-refractivity contribution >= 4 is 22.1 Å². The van der Waals surface area contributed by atoms with Gasteiger partial charge in [0.15, 0.2) is 10.8 Å². The minimum Gasteiger partial charge on any atom is -0.350 e. The van der Waals surface area contributed by atoms with Crippen LogP contribution >= 0.6 is 11.3 Å². The van der Waals surface area contributed by atoms with Gasteiger partial charge < -0.3 is 10.6 Å². The average Bonchev–Trinajstić information content (AvgIpc) is 3.05. The monoisotopic (exact) mass is 292 g/mol. The van der Waals surface area contributed by atoms with Crippen LogP contribution in [0.3, 0.4) is 0 Å². The Balaban J connectivity index is 2.05. The van der Waals surface area contributed by atoms with Gasteiger partial charge in [0, 0.05) is 36.1 Å². The molecule has 4 nitrogen and oxygen atoms in total. The van der Waals surface area contributed by atoms with Crippen molar-refractivity contribution in [2.24, 2.45) is 5.73 Å². The molecule has 0 aromatic carbocycles. The standard InChI is InChI=1S/C15H24N4S/c1-4-11(16)10-12-13(17-14-18(12)8-9-20-14)19-7-5-6-15(19,2)3/h8-9,11H,4-7,10,16H2,1-3H3. The van der Waals surface area contributed by atoms with E-state index in [-0.39, 0.29) is 11.6 Å². The summed E-state index contributed by atoms with van der Waals surface area (Å²) in [7, 11) is 0. The molecule has 2 aromatic rings. The SMILES string of the molecule is CCC(N)Cc1c(N2CCCC2(C)C)nc2sccn12. The Morgan fingerprint density at radius 2 is 2.30 bits per heavy atom. The first-order valence-electron chi connectivity index (χ1n) is 7.50. The maximum atomic E-state index is 6.20. The lowest BCUT2D eigenvalue weighted by Gasteiger charge is -2.32. The fourth-order valence-electron chi connectivity index (χ4n) is 3.12. The summed E-state index contributed by atoms with van der Waals surface area (Å²) >= 11 is 1.70. The highest BCUT2D eigenvalue weighted by Gasteiger charge is 2.35. The molecule has 0 amide bonds. The zero-order chi connectivity index (χ0) is 14.3. The number of rotatable bonds is 4. The Bertz CT molecular complexity index is 598. The molecule has 1 saturated heterocycles. The highest BCUT2D eigenvalue weighted by molar-refractivity contribution is 7.15. The first kappa shape index (κ1) is 13.9. The summed E-state index contributed by atoms with van der Waals surface area (Å²) in [5.74, 6) is 1.16. The number of thiazole rings is 1. The lowest BCUT2D eigenvalue weighted by Crippen LogP contribution is -2.39. The Morgan fingerprint density at radius 3 is 2.95 bits per heavy atom. The molecule has 5 heteroatoms. The fourth-order valence-corrected chi connectivity index (χ4v) is 3.85. The van der Waals surface area contributed by atoms with Crippen molar-refractivity contribution < 1.29 is 0 Å². The van der Waals surface area contributed by atoms with Gasteiger partial charge in [0.1, 0.15) is 0 Å². The Hall–Kier alpha value is -1.07. The van der Waals surface area contributed by atoms with E-state index in [1.54, 1.807) is 11.3 Å². The van der Waals surface area contributed by atoms with Gasteiger partial charge in [-0.15, -0.1) is 11.3 Å². The lowest BCUT2D eigenvalue weighted by molar-refractivity contribution is 0.512. The van der Waals surface area contributed by atoms with Crippen molar-refractivity contribution in [3.05, 3.63) is 17.3 Å². The minimum atomic E-state index is 0.203. The van der Waals surface area contributed by atoms with E-state index in [0.717, 1.165) is 30.2 Å². The second-order valence-corrected chi connectivity index (χ2v) is 7.25. The van der Waals surface area contributed by atoms with Crippen molar-refractivity contribution in [1.82, 2.24) is 9.38 Å². The van der Waals surface area contributed by atoms with Gasteiger partial charge in [-0.1, -0.05) is 6.92 Å². The van der Waals surface area contributed by atoms with Crippen LogP contribution < -0.4 is 10.6 Å². The molecular weight excluding hydrogens is 268 g/mol. The van der Waals surface area contributed by atoms with Gasteiger partial charge in [-0.05, 0) is 33.1 Å². The normalized spacial score (nSPS) is 19.9. The van der Waals surface area contributed by atoms with Gasteiger partial charge in [0.05, 0.1) is 5.69 Å². The van der Waals surface area contributed by atoms with Crippen molar-refractivity contribution in [3.8, 4) is 0 Å². The van der Waals surface area contributed by atoms with E-state index in [1.165, 1.54) is 18.5 Å². The number of aromatic nitrogens is 2. The predicted molar refractivity (Wildman–Crippen MR) is 85.7 cm³/mol. The third-order valence-corrected chi connectivity index (χ3v) is 5.23. The highest BCUT2D eigenvalue weighted by atomic mass is 32.1. The van der Waals surface area contributed by atoms with Crippen LogP contribution in [0.15, 0.2) is 11.6 Å². The topological polar surface area (TPSA) is 46.6 Å². The third-order valence-electron chi connectivity index (χ3n) is 4.48. The Morgan fingerprint density at radius 1 is 1.50 bits per heavy atom. The van der Waals surface area contributed by atoms with Gasteiger partial charge >= 0.3 is 0 Å². The number of nitrogens with zero attached hydrogens (tertiary/aromatic N) is 3. The summed E-state index contributed by atoms with van der Waals surface area (Å²) < 4.78 is 2.23. The molecule has 2 N–H and O–H groups in total. The third kappa shape index (κ3) is 2.23. The molecule has 0 saturated carbocycles. The lowest BCUT2D eigenvalue weighted by atomic mass is 10.0. The molecule has 0 aliphatic carbocycles. The largest absolute Gasteiger partial charge is 0.350 e. The first-order valence-corrected chi connectivity index (χ1v) is 8.38. The van der Waals surface area contributed by atoms with Gasteiger partial charge in [0.2, 0.25) is 0 Å². The predicted octanol–water partition coefficient (Wildman–Crippen LogP) is 3.05. The quantitative estimate of drug-likeness (QED) is 0.942. The average molecular weight is 292 g/mol.